The molecule has 0 saturated heterocycles. The summed E-state index contributed by atoms with van der Waals surface area (Å²) in [5, 5.41) is 0.0542. The maximum atomic E-state index is 12.2. The van der Waals surface area contributed by atoms with Gasteiger partial charge < -0.3 is 4.98 Å². The summed E-state index contributed by atoms with van der Waals surface area (Å²) in [6, 6.07) is 7.24. The fourth-order valence-electron chi connectivity index (χ4n) is 1.56. The third kappa shape index (κ3) is 3.43. The second kappa shape index (κ2) is 6.15. The van der Waals surface area contributed by atoms with E-state index in [9.17, 15) is 8.42 Å². The average Bonchev–Trinajstić information content (AvgIpc) is 2.85. The quantitative estimate of drug-likeness (QED) is 0.635. The molecule has 0 spiro atoms. The van der Waals surface area contributed by atoms with E-state index in [1.54, 1.807) is 25.1 Å². The van der Waals surface area contributed by atoms with Crippen LogP contribution in [0.1, 0.15) is 5.82 Å². The summed E-state index contributed by atoms with van der Waals surface area (Å²) in [6.07, 6.45) is 3.07. The molecule has 0 amide bonds. The standard InChI is InChI=1S/C13H15N3O2S2/c1-3-8-19-12-7-5-4-6-11(12)16-20(17,18)13-9-14-10(2)15-13/h3-7,9,16H,1,8H2,2H3,(H,14,15). The van der Waals surface area contributed by atoms with Gasteiger partial charge in [0.05, 0.1) is 11.9 Å². The number of para-hydroxylation sites is 1. The number of aryl methyl sites for hydroxylation is 1. The number of thioether (sulfide) groups is 1. The molecular formula is C13H15N3O2S2. The number of anilines is 1. The van der Waals surface area contributed by atoms with Crippen LogP contribution >= 0.6 is 11.8 Å². The molecule has 0 radical (unpaired) electrons. The van der Waals surface area contributed by atoms with Crippen molar-refractivity contribution in [2.75, 3.05) is 10.5 Å². The maximum absolute atomic E-state index is 12.2. The number of nitrogens with zero attached hydrogens (tertiary/aromatic N) is 1. The fraction of sp³-hybridized carbons (Fsp3) is 0.154. The summed E-state index contributed by atoms with van der Waals surface area (Å²) in [7, 11) is -3.65. The van der Waals surface area contributed by atoms with E-state index in [4.69, 9.17) is 0 Å². The number of benzene rings is 1. The molecule has 0 atom stereocenters. The summed E-state index contributed by atoms with van der Waals surface area (Å²) < 4.78 is 27.0. The third-order valence-corrected chi connectivity index (χ3v) is 4.80. The van der Waals surface area contributed by atoms with Crippen molar-refractivity contribution in [2.24, 2.45) is 0 Å². The van der Waals surface area contributed by atoms with E-state index in [1.165, 1.54) is 18.0 Å². The van der Waals surface area contributed by atoms with Crippen molar-refractivity contribution in [1.82, 2.24) is 9.97 Å². The number of nitrogens with one attached hydrogen (secondary N) is 2. The molecule has 1 aromatic heterocycles. The normalized spacial score (nSPS) is 11.2. The second-order valence-electron chi connectivity index (χ2n) is 4.03. The van der Waals surface area contributed by atoms with Crippen molar-refractivity contribution in [3.63, 3.8) is 0 Å². The average molecular weight is 309 g/mol. The van der Waals surface area contributed by atoms with E-state index in [1.807, 2.05) is 12.1 Å². The van der Waals surface area contributed by atoms with Gasteiger partial charge in [0.2, 0.25) is 0 Å². The Balaban J connectivity index is 2.27. The number of sulfonamides is 1. The smallest absolute Gasteiger partial charge is 0.279 e. The van der Waals surface area contributed by atoms with Gasteiger partial charge in [0.1, 0.15) is 5.82 Å². The van der Waals surface area contributed by atoms with Gasteiger partial charge in [-0.3, -0.25) is 4.72 Å². The van der Waals surface area contributed by atoms with Crippen molar-refractivity contribution in [3.05, 3.63) is 48.9 Å². The number of aromatic nitrogens is 2. The van der Waals surface area contributed by atoms with Crippen LogP contribution in [0.3, 0.4) is 0 Å². The molecule has 20 heavy (non-hydrogen) atoms. The summed E-state index contributed by atoms with van der Waals surface area (Å²) in [4.78, 5) is 7.47. The molecule has 7 heteroatoms. The molecule has 0 fully saturated rings. The van der Waals surface area contributed by atoms with Gasteiger partial charge in [-0.2, -0.15) is 8.42 Å². The highest BCUT2D eigenvalue weighted by Crippen LogP contribution is 2.28. The van der Waals surface area contributed by atoms with E-state index in [2.05, 4.69) is 21.3 Å². The van der Waals surface area contributed by atoms with Crippen LogP contribution in [-0.2, 0) is 10.0 Å². The van der Waals surface area contributed by atoms with Crippen LogP contribution in [0.5, 0.6) is 0 Å². The van der Waals surface area contributed by atoms with Gasteiger partial charge in [-0.05, 0) is 19.1 Å². The number of imidazole rings is 1. The van der Waals surface area contributed by atoms with Crippen LogP contribution in [0.15, 0.2) is 53.0 Å². The molecule has 1 heterocycles. The highest BCUT2D eigenvalue weighted by molar-refractivity contribution is 7.99. The molecule has 5 nitrogen and oxygen atoms in total. The number of rotatable bonds is 6. The molecule has 2 aromatic rings. The van der Waals surface area contributed by atoms with Crippen LogP contribution in [0.25, 0.3) is 0 Å². The van der Waals surface area contributed by atoms with Gasteiger partial charge in [0.25, 0.3) is 10.0 Å². The highest BCUT2D eigenvalue weighted by atomic mass is 32.2. The zero-order valence-electron chi connectivity index (χ0n) is 11.0. The Kier molecular flexibility index (Phi) is 4.51. The molecule has 0 aliphatic rings. The zero-order valence-corrected chi connectivity index (χ0v) is 12.6. The number of hydrogen-bond acceptors (Lipinski definition) is 4. The van der Waals surface area contributed by atoms with Gasteiger partial charge in [0.15, 0.2) is 5.03 Å². The molecule has 0 aliphatic heterocycles. The van der Waals surface area contributed by atoms with Gasteiger partial charge >= 0.3 is 0 Å². The predicted octanol–water partition coefficient (Wildman–Crippen LogP) is 2.80. The first kappa shape index (κ1) is 14.7. The topological polar surface area (TPSA) is 74.8 Å². The number of aromatic amines is 1. The first-order valence-electron chi connectivity index (χ1n) is 5.90. The van der Waals surface area contributed by atoms with Gasteiger partial charge in [-0.25, -0.2) is 4.98 Å². The lowest BCUT2D eigenvalue weighted by atomic mass is 10.3. The van der Waals surface area contributed by atoms with Crippen LogP contribution in [-0.4, -0.2) is 24.1 Å². The minimum Gasteiger partial charge on any atom is -0.332 e. The Labute approximate surface area is 122 Å². The molecule has 0 saturated carbocycles. The largest absolute Gasteiger partial charge is 0.332 e. The minimum absolute atomic E-state index is 0.0542. The Hall–Kier alpha value is -1.73. The lowest BCUT2D eigenvalue weighted by Gasteiger charge is -2.10. The lowest BCUT2D eigenvalue weighted by molar-refractivity contribution is 0.598. The second-order valence-corrected chi connectivity index (χ2v) is 6.75. The summed E-state index contributed by atoms with van der Waals surface area (Å²) in [5.74, 6) is 1.27. The summed E-state index contributed by atoms with van der Waals surface area (Å²) in [6.45, 7) is 5.36. The molecule has 0 aliphatic carbocycles. The lowest BCUT2D eigenvalue weighted by Crippen LogP contribution is -2.14. The first-order valence-corrected chi connectivity index (χ1v) is 8.37. The van der Waals surface area contributed by atoms with E-state index < -0.39 is 10.0 Å². The minimum atomic E-state index is -3.65. The molecule has 2 rings (SSSR count). The maximum Gasteiger partial charge on any atom is 0.279 e. The molecule has 0 unspecified atom stereocenters. The van der Waals surface area contributed by atoms with Crippen molar-refractivity contribution >= 4 is 27.5 Å². The van der Waals surface area contributed by atoms with E-state index >= 15 is 0 Å². The van der Waals surface area contributed by atoms with Gasteiger partial charge in [0, 0.05) is 10.6 Å². The van der Waals surface area contributed by atoms with Crippen LogP contribution in [0.4, 0.5) is 5.69 Å². The number of H-pyrrole nitrogens is 1. The third-order valence-electron chi connectivity index (χ3n) is 2.46. The molecule has 106 valence electrons. The van der Waals surface area contributed by atoms with E-state index in [-0.39, 0.29) is 5.03 Å². The molecule has 2 N–H and O–H groups in total. The molecular weight excluding hydrogens is 294 g/mol. The van der Waals surface area contributed by atoms with Crippen molar-refractivity contribution in [3.8, 4) is 0 Å². The van der Waals surface area contributed by atoms with Crippen molar-refractivity contribution in [2.45, 2.75) is 16.8 Å². The summed E-state index contributed by atoms with van der Waals surface area (Å²) in [5.41, 5.74) is 0.548. The SMILES string of the molecule is C=CCSc1ccccc1NS(=O)(=O)c1cnc(C)[nH]1. The highest BCUT2D eigenvalue weighted by Gasteiger charge is 2.18. The van der Waals surface area contributed by atoms with E-state index in [0.29, 0.717) is 17.3 Å². The molecule has 0 bridgehead atoms. The van der Waals surface area contributed by atoms with Crippen LogP contribution < -0.4 is 4.72 Å². The van der Waals surface area contributed by atoms with Crippen LogP contribution in [0, 0.1) is 6.92 Å². The van der Waals surface area contributed by atoms with Crippen molar-refractivity contribution < 1.29 is 8.42 Å². The van der Waals surface area contributed by atoms with Gasteiger partial charge in [-0.15, -0.1) is 18.3 Å². The predicted molar refractivity (Wildman–Crippen MR) is 81.5 cm³/mol. The molecule has 1 aromatic carbocycles. The van der Waals surface area contributed by atoms with Gasteiger partial charge in [-0.1, -0.05) is 18.2 Å². The monoisotopic (exact) mass is 309 g/mol. The number of hydrogen-bond donors (Lipinski definition) is 2. The Morgan fingerprint density at radius 1 is 1.45 bits per heavy atom. The Morgan fingerprint density at radius 3 is 2.85 bits per heavy atom. The Bertz CT molecular complexity index is 708. The van der Waals surface area contributed by atoms with Crippen molar-refractivity contribution in [1.29, 1.82) is 0 Å². The van der Waals surface area contributed by atoms with E-state index in [0.717, 1.165) is 4.90 Å². The first-order chi connectivity index (χ1) is 9.53. The zero-order chi connectivity index (χ0) is 14.6. The van der Waals surface area contributed by atoms with Crippen LogP contribution in [0.2, 0.25) is 0 Å². The fourth-order valence-corrected chi connectivity index (χ4v) is 3.42. The summed E-state index contributed by atoms with van der Waals surface area (Å²) >= 11 is 1.52. The Morgan fingerprint density at radius 2 is 2.20 bits per heavy atom.